The van der Waals surface area contributed by atoms with Crippen LogP contribution in [0.15, 0.2) is 12.4 Å². The zero-order valence-corrected chi connectivity index (χ0v) is 7.48. The summed E-state index contributed by atoms with van der Waals surface area (Å²) >= 11 is 0. The molecule has 1 aromatic rings. The van der Waals surface area contributed by atoms with Crippen LogP contribution < -0.4 is 11.2 Å². The van der Waals surface area contributed by atoms with Gasteiger partial charge < -0.3 is 5.73 Å². The fourth-order valence-electron chi connectivity index (χ4n) is 0.751. The lowest BCUT2D eigenvalue weighted by atomic mass is 10.4. The lowest BCUT2D eigenvalue weighted by molar-refractivity contribution is 0.0851. The third-order valence-corrected chi connectivity index (χ3v) is 1.21. The first kappa shape index (κ1) is 9.40. The molecule has 0 saturated heterocycles. The molecule has 0 atom stereocenters. The van der Waals surface area contributed by atoms with Crippen LogP contribution in [0.3, 0.4) is 0 Å². The summed E-state index contributed by atoms with van der Waals surface area (Å²) in [5.74, 6) is -0.101. The van der Waals surface area contributed by atoms with Crippen LogP contribution >= 0.6 is 0 Å². The van der Waals surface area contributed by atoms with Crippen molar-refractivity contribution in [1.82, 2.24) is 20.4 Å². The Kier molecular flexibility index (Phi) is 2.76. The van der Waals surface area contributed by atoms with E-state index in [1.807, 2.05) is 0 Å². The lowest BCUT2D eigenvalue weighted by Crippen LogP contribution is -2.36. The number of carbonyl (C=O) groups is 1. The highest BCUT2D eigenvalue weighted by Crippen LogP contribution is 1.96. The Balaban J connectivity index is 2.77. The van der Waals surface area contributed by atoms with Gasteiger partial charge in [0, 0.05) is 14.1 Å². The molecule has 1 heterocycles. The van der Waals surface area contributed by atoms with Crippen molar-refractivity contribution >= 4 is 11.7 Å². The van der Waals surface area contributed by atoms with E-state index in [0.717, 1.165) is 0 Å². The Morgan fingerprint density at radius 3 is 2.77 bits per heavy atom. The molecular weight excluding hydrogens is 170 g/mol. The standard InChI is InChI=1S/C7H11N5O/c1-12(2)11-7(13)5-3-9-4-6(8)10-5/h3-4H,1-2H3,(H2,8,10)(H,11,13). The highest BCUT2D eigenvalue weighted by molar-refractivity contribution is 5.91. The van der Waals surface area contributed by atoms with E-state index in [9.17, 15) is 4.79 Å². The summed E-state index contributed by atoms with van der Waals surface area (Å²) in [6, 6.07) is 0. The third kappa shape index (κ3) is 2.68. The number of nitrogens with two attached hydrogens (primary N) is 1. The van der Waals surface area contributed by atoms with E-state index < -0.39 is 0 Å². The number of nitrogens with one attached hydrogen (secondary N) is 1. The number of nitrogens with zero attached hydrogens (tertiary/aromatic N) is 3. The van der Waals surface area contributed by atoms with Gasteiger partial charge in [-0.1, -0.05) is 0 Å². The quantitative estimate of drug-likeness (QED) is 0.587. The van der Waals surface area contributed by atoms with E-state index in [2.05, 4.69) is 15.4 Å². The molecule has 0 aliphatic heterocycles. The molecule has 6 heteroatoms. The van der Waals surface area contributed by atoms with Crippen molar-refractivity contribution in [3.8, 4) is 0 Å². The Morgan fingerprint density at radius 1 is 1.54 bits per heavy atom. The van der Waals surface area contributed by atoms with Gasteiger partial charge in [-0.15, -0.1) is 0 Å². The van der Waals surface area contributed by atoms with Crippen molar-refractivity contribution in [2.45, 2.75) is 0 Å². The first-order valence-electron chi connectivity index (χ1n) is 3.65. The summed E-state index contributed by atoms with van der Waals surface area (Å²) in [5, 5.41) is 1.52. The molecule has 0 fully saturated rings. The van der Waals surface area contributed by atoms with Crippen molar-refractivity contribution in [2.75, 3.05) is 19.8 Å². The fraction of sp³-hybridized carbons (Fsp3) is 0.286. The van der Waals surface area contributed by atoms with Crippen LogP contribution in [-0.2, 0) is 0 Å². The van der Waals surface area contributed by atoms with Gasteiger partial charge in [0.1, 0.15) is 11.5 Å². The molecule has 70 valence electrons. The number of anilines is 1. The van der Waals surface area contributed by atoms with Crippen LogP contribution in [0.4, 0.5) is 5.82 Å². The topological polar surface area (TPSA) is 84.1 Å². The highest BCUT2D eigenvalue weighted by atomic mass is 16.2. The minimum Gasteiger partial charge on any atom is -0.382 e. The number of aromatic nitrogens is 2. The van der Waals surface area contributed by atoms with Gasteiger partial charge in [-0.25, -0.2) is 9.99 Å². The highest BCUT2D eigenvalue weighted by Gasteiger charge is 2.07. The largest absolute Gasteiger partial charge is 0.382 e. The molecule has 0 aliphatic rings. The smallest absolute Gasteiger partial charge is 0.285 e. The zero-order chi connectivity index (χ0) is 9.84. The second-order valence-corrected chi connectivity index (χ2v) is 2.66. The normalized spacial score (nSPS) is 10.1. The molecule has 0 bridgehead atoms. The van der Waals surface area contributed by atoms with Crippen LogP contribution in [0.25, 0.3) is 0 Å². The van der Waals surface area contributed by atoms with Gasteiger partial charge >= 0.3 is 0 Å². The number of nitrogen functional groups attached to an aromatic ring is 1. The number of hydrogen-bond acceptors (Lipinski definition) is 5. The Hall–Kier alpha value is -1.69. The summed E-state index contributed by atoms with van der Waals surface area (Å²) < 4.78 is 0. The first-order valence-corrected chi connectivity index (χ1v) is 3.65. The molecule has 0 aliphatic carbocycles. The van der Waals surface area contributed by atoms with Crippen molar-refractivity contribution in [3.05, 3.63) is 18.1 Å². The van der Waals surface area contributed by atoms with E-state index >= 15 is 0 Å². The lowest BCUT2D eigenvalue weighted by Gasteiger charge is -2.10. The summed E-state index contributed by atoms with van der Waals surface area (Å²) in [6.45, 7) is 0. The first-order chi connectivity index (χ1) is 6.09. The predicted octanol–water partition coefficient (Wildman–Crippen LogP) is -0.735. The minimum absolute atomic E-state index is 0.203. The minimum atomic E-state index is -0.329. The van der Waals surface area contributed by atoms with E-state index in [0.29, 0.717) is 0 Å². The Labute approximate surface area is 75.7 Å². The fourth-order valence-corrected chi connectivity index (χ4v) is 0.751. The van der Waals surface area contributed by atoms with Crippen LogP contribution in [0.5, 0.6) is 0 Å². The average molecular weight is 181 g/mol. The molecule has 0 unspecified atom stereocenters. The summed E-state index contributed by atoms with van der Waals surface area (Å²) in [4.78, 5) is 18.8. The summed E-state index contributed by atoms with van der Waals surface area (Å²) in [6.07, 6.45) is 2.74. The Bertz CT molecular complexity index is 312. The molecule has 0 spiro atoms. The van der Waals surface area contributed by atoms with Gasteiger partial charge in [0.15, 0.2) is 0 Å². The van der Waals surface area contributed by atoms with Gasteiger partial charge in [-0.2, -0.15) is 0 Å². The molecule has 1 aromatic heterocycles. The number of hydrazine groups is 1. The molecular formula is C7H11N5O. The van der Waals surface area contributed by atoms with E-state index in [-0.39, 0.29) is 17.4 Å². The van der Waals surface area contributed by atoms with Crippen molar-refractivity contribution in [2.24, 2.45) is 0 Å². The molecule has 1 amide bonds. The predicted molar refractivity (Wildman–Crippen MR) is 47.6 cm³/mol. The van der Waals surface area contributed by atoms with Gasteiger partial charge in [-0.3, -0.25) is 15.2 Å². The SMILES string of the molecule is CN(C)NC(=O)c1cncc(N)n1. The molecule has 6 nitrogen and oxygen atoms in total. The van der Waals surface area contributed by atoms with Crippen LogP contribution in [0.2, 0.25) is 0 Å². The third-order valence-electron chi connectivity index (χ3n) is 1.21. The van der Waals surface area contributed by atoms with Crippen LogP contribution in [-0.4, -0.2) is 35.0 Å². The maximum atomic E-state index is 11.3. The maximum Gasteiger partial charge on any atom is 0.285 e. The average Bonchev–Trinajstić information content (AvgIpc) is 2.03. The number of rotatable bonds is 2. The summed E-state index contributed by atoms with van der Waals surface area (Å²) in [7, 11) is 3.41. The van der Waals surface area contributed by atoms with E-state index in [1.165, 1.54) is 17.4 Å². The van der Waals surface area contributed by atoms with Crippen molar-refractivity contribution in [1.29, 1.82) is 0 Å². The van der Waals surface area contributed by atoms with Gasteiger partial charge in [0.05, 0.1) is 12.4 Å². The second kappa shape index (κ2) is 3.81. The van der Waals surface area contributed by atoms with Gasteiger partial charge in [0.2, 0.25) is 0 Å². The molecule has 3 N–H and O–H groups in total. The number of hydrogen-bond donors (Lipinski definition) is 2. The molecule has 0 aromatic carbocycles. The van der Waals surface area contributed by atoms with Crippen molar-refractivity contribution in [3.63, 3.8) is 0 Å². The monoisotopic (exact) mass is 181 g/mol. The number of carbonyl (C=O) groups excluding carboxylic acids is 1. The van der Waals surface area contributed by atoms with E-state index in [1.54, 1.807) is 14.1 Å². The zero-order valence-electron chi connectivity index (χ0n) is 7.48. The van der Waals surface area contributed by atoms with Gasteiger partial charge in [-0.05, 0) is 0 Å². The summed E-state index contributed by atoms with van der Waals surface area (Å²) in [5.41, 5.74) is 8.09. The van der Waals surface area contributed by atoms with Gasteiger partial charge in [0.25, 0.3) is 5.91 Å². The molecule has 0 saturated carbocycles. The van der Waals surface area contributed by atoms with Crippen LogP contribution in [0, 0.1) is 0 Å². The second-order valence-electron chi connectivity index (χ2n) is 2.66. The molecule has 1 rings (SSSR count). The van der Waals surface area contributed by atoms with E-state index in [4.69, 9.17) is 5.73 Å². The number of amides is 1. The molecule has 0 radical (unpaired) electrons. The van der Waals surface area contributed by atoms with Crippen molar-refractivity contribution < 1.29 is 4.79 Å². The maximum absolute atomic E-state index is 11.3. The Morgan fingerprint density at radius 2 is 2.23 bits per heavy atom. The molecule has 13 heavy (non-hydrogen) atoms. The van der Waals surface area contributed by atoms with Crippen LogP contribution in [0.1, 0.15) is 10.5 Å².